The number of nitrogens with zero attached hydrogens (tertiary/aromatic N) is 1. The van der Waals surface area contributed by atoms with Gasteiger partial charge in [-0.15, -0.1) is 0 Å². The topological polar surface area (TPSA) is 32.3 Å². The molecule has 0 saturated carbocycles. The highest BCUT2D eigenvalue weighted by Gasteiger charge is 2.13. The Balaban J connectivity index is 1.48. The molecule has 0 aromatic heterocycles. The highest BCUT2D eigenvalue weighted by Crippen LogP contribution is 2.27. The number of fused-ring (bicyclic) bond motifs is 1. The summed E-state index contributed by atoms with van der Waals surface area (Å²) in [6, 6.07) is 22.4. The van der Waals surface area contributed by atoms with Gasteiger partial charge in [0.1, 0.15) is 0 Å². The number of aryl methyl sites for hydroxylation is 2. The first-order valence-corrected chi connectivity index (χ1v) is 10.4. The van der Waals surface area contributed by atoms with Crippen molar-refractivity contribution in [3.05, 3.63) is 94.6 Å². The largest absolute Gasteiger partial charge is 0.322 e. The van der Waals surface area contributed by atoms with Gasteiger partial charge in [-0.05, 0) is 80.4 Å². The molecule has 0 atom stereocenters. The van der Waals surface area contributed by atoms with E-state index in [2.05, 4.69) is 73.7 Å². The molecule has 3 aromatic rings. The standard InChI is InChI=1S/C27H28N2O/c1-19-4-7-21(8-5-19)22-10-12-24(13-11-22)27(30)28-26-15-14-23-9-6-20(18-29(2)3)16-25(23)17-26/h4-5,7-8,10-17H,6,9,18H2,1-3H3,(H,28,30). The molecule has 1 aliphatic carbocycles. The lowest BCUT2D eigenvalue weighted by atomic mass is 9.91. The van der Waals surface area contributed by atoms with E-state index in [1.165, 1.54) is 22.3 Å². The monoisotopic (exact) mass is 396 g/mol. The molecule has 0 saturated heterocycles. The van der Waals surface area contributed by atoms with Crippen molar-refractivity contribution >= 4 is 17.7 Å². The van der Waals surface area contributed by atoms with E-state index in [4.69, 9.17) is 0 Å². The lowest BCUT2D eigenvalue weighted by Crippen LogP contribution is -2.17. The highest BCUT2D eigenvalue weighted by atomic mass is 16.1. The zero-order valence-electron chi connectivity index (χ0n) is 17.9. The molecule has 4 rings (SSSR count). The number of rotatable bonds is 5. The molecule has 1 aliphatic rings. The van der Waals surface area contributed by atoms with Crippen LogP contribution in [0.25, 0.3) is 17.2 Å². The zero-order valence-corrected chi connectivity index (χ0v) is 17.9. The average Bonchev–Trinajstić information content (AvgIpc) is 2.74. The number of amides is 1. The molecular formula is C27H28N2O. The quantitative estimate of drug-likeness (QED) is 0.591. The van der Waals surface area contributed by atoms with Crippen molar-refractivity contribution in [2.24, 2.45) is 0 Å². The van der Waals surface area contributed by atoms with Crippen LogP contribution in [0.15, 0.2) is 72.3 Å². The summed E-state index contributed by atoms with van der Waals surface area (Å²) in [7, 11) is 4.19. The molecule has 152 valence electrons. The van der Waals surface area contributed by atoms with Crippen LogP contribution in [0.2, 0.25) is 0 Å². The smallest absolute Gasteiger partial charge is 0.255 e. The second-order valence-electron chi connectivity index (χ2n) is 8.35. The van der Waals surface area contributed by atoms with Crippen LogP contribution in [0.5, 0.6) is 0 Å². The van der Waals surface area contributed by atoms with Crippen LogP contribution in [-0.4, -0.2) is 31.4 Å². The van der Waals surface area contributed by atoms with Crippen LogP contribution < -0.4 is 5.32 Å². The summed E-state index contributed by atoms with van der Waals surface area (Å²) in [5, 5.41) is 3.05. The molecule has 3 aromatic carbocycles. The third kappa shape index (κ3) is 4.69. The lowest BCUT2D eigenvalue weighted by Gasteiger charge is -2.20. The molecule has 0 aliphatic heterocycles. The minimum atomic E-state index is -0.0845. The molecule has 1 N–H and O–H groups in total. The van der Waals surface area contributed by atoms with E-state index in [1.54, 1.807) is 0 Å². The minimum absolute atomic E-state index is 0.0845. The molecule has 0 radical (unpaired) electrons. The van der Waals surface area contributed by atoms with E-state index >= 15 is 0 Å². The number of carbonyl (C=O) groups excluding carboxylic acids is 1. The van der Waals surface area contributed by atoms with Crippen molar-refractivity contribution in [3.8, 4) is 11.1 Å². The van der Waals surface area contributed by atoms with Crippen molar-refractivity contribution in [1.82, 2.24) is 4.90 Å². The van der Waals surface area contributed by atoms with Gasteiger partial charge in [0.25, 0.3) is 5.91 Å². The van der Waals surface area contributed by atoms with Crippen LogP contribution in [0.4, 0.5) is 5.69 Å². The van der Waals surface area contributed by atoms with Gasteiger partial charge in [0.05, 0.1) is 0 Å². The summed E-state index contributed by atoms with van der Waals surface area (Å²) < 4.78 is 0. The van der Waals surface area contributed by atoms with E-state index in [1.807, 2.05) is 30.3 Å². The molecule has 0 heterocycles. The normalized spacial score (nSPS) is 13.0. The highest BCUT2D eigenvalue weighted by molar-refractivity contribution is 6.04. The van der Waals surface area contributed by atoms with Gasteiger partial charge >= 0.3 is 0 Å². The Morgan fingerprint density at radius 3 is 2.23 bits per heavy atom. The van der Waals surface area contributed by atoms with Gasteiger partial charge in [-0.3, -0.25) is 4.79 Å². The Hall–Kier alpha value is -3.17. The Labute approximate surface area is 179 Å². The number of benzene rings is 3. The summed E-state index contributed by atoms with van der Waals surface area (Å²) in [4.78, 5) is 14.9. The van der Waals surface area contributed by atoms with Crippen LogP contribution in [0, 0.1) is 6.92 Å². The van der Waals surface area contributed by atoms with Crippen molar-refractivity contribution in [3.63, 3.8) is 0 Å². The summed E-state index contributed by atoms with van der Waals surface area (Å²) in [6.07, 6.45) is 4.43. The predicted molar refractivity (Wildman–Crippen MR) is 126 cm³/mol. The summed E-state index contributed by atoms with van der Waals surface area (Å²) >= 11 is 0. The average molecular weight is 397 g/mol. The van der Waals surface area contributed by atoms with E-state index in [9.17, 15) is 4.79 Å². The summed E-state index contributed by atoms with van der Waals surface area (Å²) in [5.74, 6) is -0.0845. The third-order valence-corrected chi connectivity index (χ3v) is 5.53. The van der Waals surface area contributed by atoms with E-state index in [-0.39, 0.29) is 5.91 Å². The van der Waals surface area contributed by atoms with Gasteiger partial charge in [0.15, 0.2) is 0 Å². The number of carbonyl (C=O) groups is 1. The zero-order chi connectivity index (χ0) is 21.1. The van der Waals surface area contributed by atoms with Crippen LogP contribution >= 0.6 is 0 Å². The molecule has 0 unspecified atom stereocenters. The molecular weight excluding hydrogens is 368 g/mol. The van der Waals surface area contributed by atoms with Crippen molar-refractivity contribution in [1.29, 1.82) is 0 Å². The first-order valence-electron chi connectivity index (χ1n) is 10.4. The van der Waals surface area contributed by atoms with Crippen molar-refractivity contribution < 1.29 is 4.79 Å². The molecule has 3 heteroatoms. The maximum Gasteiger partial charge on any atom is 0.255 e. The molecule has 30 heavy (non-hydrogen) atoms. The Morgan fingerprint density at radius 1 is 0.900 bits per heavy atom. The van der Waals surface area contributed by atoms with Gasteiger partial charge in [-0.25, -0.2) is 0 Å². The second kappa shape index (κ2) is 8.68. The lowest BCUT2D eigenvalue weighted by molar-refractivity contribution is 0.102. The Bertz CT molecular complexity index is 1080. The fourth-order valence-electron chi connectivity index (χ4n) is 3.92. The first-order chi connectivity index (χ1) is 14.5. The molecule has 1 amide bonds. The van der Waals surface area contributed by atoms with Crippen LogP contribution in [-0.2, 0) is 6.42 Å². The molecule has 0 bridgehead atoms. The fraction of sp³-hybridized carbons (Fsp3) is 0.222. The van der Waals surface area contributed by atoms with Crippen LogP contribution in [0.1, 0.15) is 33.5 Å². The van der Waals surface area contributed by atoms with E-state index in [0.717, 1.165) is 36.2 Å². The summed E-state index contributed by atoms with van der Waals surface area (Å²) in [5.41, 5.74) is 8.99. The fourth-order valence-corrected chi connectivity index (χ4v) is 3.92. The van der Waals surface area contributed by atoms with Crippen molar-refractivity contribution in [2.45, 2.75) is 19.8 Å². The van der Waals surface area contributed by atoms with Gasteiger partial charge in [-0.2, -0.15) is 0 Å². The third-order valence-electron chi connectivity index (χ3n) is 5.53. The Morgan fingerprint density at radius 2 is 1.57 bits per heavy atom. The van der Waals surface area contributed by atoms with Gasteiger partial charge in [-0.1, -0.05) is 59.7 Å². The minimum Gasteiger partial charge on any atom is -0.322 e. The molecule has 0 fully saturated rings. The van der Waals surface area contributed by atoms with E-state index < -0.39 is 0 Å². The van der Waals surface area contributed by atoms with Crippen molar-refractivity contribution in [2.75, 3.05) is 26.0 Å². The Kier molecular flexibility index (Phi) is 5.82. The second-order valence-corrected chi connectivity index (χ2v) is 8.35. The van der Waals surface area contributed by atoms with Gasteiger partial charge in [0, 0.05) is 17.8 Å². The maximum absolute atomic E-state index is 12.8. The number of hydrogen-bond acceptors (Lipinski definition) is 2. The number of hydrogen-bond donors (Lipinski definition) is 1. The van der Waals surface area contributed by atoms with Gasteiger partial charge < -0.3 is 10.2 Å². The number of anilines is 1. The first kappa shape index (κ1) is 20.1. The van der Waals surface area contributed by atoms with Gasteiger partial charge in [0.2, 0.25) is 0 Å². The SMILES string of the molecule is Cc1ccc(-c2ccc(C(=O)Nc3ccc4c(c3)C=C(CN(C)C)CC4)cc2)cc1. The maximum atomic E-state index is 12.8. The van der Waals surface area contributed by atoms with E-state index in [0.29, 0.717) is 5.56 Å². The molecule has 0 spiro atoms. The molecule has 3 nitrogen and oxygen atoms in total. The predicted octanol–water partition coefficient (Wildman–Crippen LogP) is 5.81. The summed E-state index contributed by atoms with van der Waals surface area (Å²) in [6.45, 7) is 3.06. The number of nitrogens with one attached hydrogen (secondary N) is 1. The van der Waals surface area contributed by atoms with Crippen LogP contribution in [0.3, 0.4) is 0 Å². The number of likely N-dealkylation sites (N-methyl/N-ethyl adjacent to an activating group) is 1.